The van der Waals surface area contributed by atoms with Crippen LogP contribution in [0.3, 0.4) is 0 Å². The predicted molar refractivity (Wildman–Crippen MR) is 119 cm³/mol. The Morgan fingerprint density at radius 2 is 1.77 bits per heavy atom. The molecule has 162 valence electrons. The highest BCUT2D eigenvalue weighted by atomic mass is 32.2. The van der Waals surface area contributed by atoms with E-state index in [0.29, 0.717) is 16.5 Å². The molecule has 2 aromatic carbocycles. The molecule has 2 N–H and O–H groups in total. The lowest BCUT2D eigenvalue weighted by molar-refractivity contribution is -0.123. The van der Waals surface area contributed by atoms with Gasteiger partial charge in [-0.2, -0.15) is 0 Å². The lowest BCUT2D eigenvalue weighted by Crippen LogP contribution is -2.37. The molecule has 3 rings (SSSR count). The molecule has 0 spiro atoms. The molecule has 0 saturated heterocycles. The quantitative estimate of drug-likeness (QED) is 0.548. The molecule has 9 heteroatoms. The van der Waals surface area contributed by atoms with Crippen molar-refractivity contribution in [2.75, 3.05) is 11.9 Å². The number of hydrogen-bond donors (Lipinski definition) is 2. The van der Waals surface area contributed by atoms with Gasteiger partial charge in [-0.25, -0.2) is 4.39 Å². The van der Waals surface area contributed by atoms with Crippen molar-refractivity contribution in [1.82, 2.24) is 20.1 Å². The number of nitrogens with zero attached hydrogens (tertiary/aromatic N) is 3. The molecule has 7 nitrogen and oxygen atoms in total. The molecule has 3 aromatic rings. The number of hydrogen-bond acceptors (Lipinski definition) is 5. The third kappa shape index (κ3) is 5.29. The molecule has 0 aliphatic rings. The number of aromatic nitrogens is 3. The summed E-state index contributed by atoms with van der Waals surface area (Å²) in [5, 5.41) is 13.6. The molecule has 2 amide bonds. The van der Waals surface area contributed by atoms with Gasteiger partial charge in [0.25, 0.3) is 0 Å². The molecule has 1 atom stereocenters. The zero-order valence-electron chi connectivity index (χ0n) is 17.8. The second kappa shape index (κ2) is 9.74. The van der Waals surface area contributed by atoms with Crippen molar-refractivity contribution in [1.29, 1.82) is 0 Å². The number of halogens is 1. The zero-order valence-corrected chi connectivity index (χ0v) is 18.6. The van der Waals surface area contributed by atoms with E-state index in [9.17, 15) is 14.0 Å². The first kappa shape index (κ1) is 22.5. The van der Waals surface area contributed by atoms with Crippen molar-refractivity contribution in [2.24, 2.45) is 7.05 Å². The summed E-state index contributed by atoms with van der Waals surface area (Å²) in [6.45, 7) is 5.39. The van der Waals surface area contributed by atoms with Crippen LogP contribution in [0, 0.1) is 19.7 Å². The molecule has 0 aliphatic heterocycles. The van der Waals surface area contributed by atoms with Crippen LogP contribution < -0.4 is 10.6 Å². The molecule has 31 heavy (non-hydrogen) atoms. The maximum absolute atomic E-state index is 14.0. The first-order chi connectivity index (χ1) is 14.8. The molecule has 0 aliphatic carbocycles. The molecular formula is C22H24FN5O2S. The van der Waals surface area contributed by atoms with Crippen molar-refractivity contribution in [2.45, 2.75) is 31.2 Å². The van der Waals surface area contributed by atoms with Gasteiger partial charge in [0.05, 0.1) is 17.4 Å². The number of rotatable bonds is 7. The summed E-state index contributed by atoms with van der Waals surface area (Å²) in [4.78, 5) is 24.7. The average Bonchev–Trinajstić information content (AvgIpc) is 3.09. The van der Waals surface area contributed by atoms with Gasteiger partial charge in [-0.05, 0) is 44.0 Å². The largest absolute Gasteiger partial charge is 0.346 e. The smallest absolute Gasteiger partial charge is 0.243 e. The fraction of sp³-hybridized carbons (Fsp3) is 0.273. The van der Waals surface area contributed by atoms with Gasteiger partial charge in [0.2, 0.25) is 11.8 Å². The van der Waals surface area contributed by atoms with Crippen LogP contribution in [0.2, 0.25) is 0 Å². The van der Waals surface area contributed by atoms with E-state index in [1.54, 1.807) is 36.7 Å². The highest BCUT2D eigenvalue weighted by Crippen LogP contribution is 2.27. The first-order valence-electron chi connectivity index (χ1n) is 9.72. The zero-order chi connectivity index (χ0) is 22.5. The molecule has 1 unspecified atom stereocenters. The minimum Gasteiger partial charge on any atom is -0.346 e. The van der Waals surface area contributed by atoms with Crippen molar-refractivity contribution < 1.29 is 14.0 Å². The molecular weight excluding hydrogens is 417 g/mol. The van der Waals surface area contributed by atoms with Gasteiger partial charge in [-0.3, -0.25) is 9.59 Å². The number of nitrogens with one attached hydrogen (secondary N) is 2. The van der Waals surface area contributed by atoms with Crippen LogP contribution in [0.15, 0.2) is 47.6 Å². The van der Waals surface area contributed by atoms with Gasteiger partial charge < -0.3 is 15.2 Å². The summed E-state index contributed by atoms with van der Waals surface area (Å²) in [6.07, 6.45) is 0. The van der Waals surface area contributed by atoms with Gasteiger partial charge >= 0.3 is 0 Å². The van der Waals surface area contributed by atoms with E-state index in [-0.39, 0.29) is 18.4 Å². The molecule has 0 saturated carbocycles. The first-order valence-corrected chi connectivity index (χ1v) is 10.6. The number of carbonyl (C=O) groups is 2. The van der Waals surface area contributed by atoms with Gasteiger partial charge in [0.1, 0.15) is 5.82 Å². The van der Waals surface area contributed by atoms with Crippen LogP contribution >= 0.6 is 11.8 Å². The van der Waals surface area contributed by atoms with E-state index in [4.69, 9.17) is 0 Å². The van der Waals surface area contributed by atoms with Crippen molar-refractivity contribution in [3.63, 3.8) is 0 Å². The van der Waals surface area contributed by atoms with Crippen molar-refractivity contribution in [3.8, 4) is 11.4 Å². The summed E-state index contributed by atoms with van der Waals surface area (Å²) in [5.74, 6) is -0.628. The normalized spacial score (nSPS) is 11.8. The lowest BCUT2D eigenvalue weighted by atomic mass is 10.1. The van der Waals surface area contributed by atoms with Crippen LogP contribution in [-0.4, -0.2) is 38.4 Å². The SMILES string of the molecule is Cc1cccc(C)c1NC(=O)CNC(=O)C(C)Sc1nnc(-c2ccccc2F)n1C. The van der Waals surface area contributed by atoms with Crippen LogP contribution in [0.25, 0.3) is 11.4 Å². The summed E-state index contributed by atoms with van der Waals surface area (Å²) >= 11 is 1.18. The number of para-hydroxylation sites is 1. The number of benzene rings is 2. The Kier molecular flexibility index (Phi) is 7.06. The summed E-state index contributed by atoms with van der Waals surface area (Å²) in [7, 11) is 1.71. The summed E-state index contributed by atoms with van der Waals surface area (Å²) < 4.78 is 15.7. The Hall–Kier alpha value is -3.20. The monoisotopic (exact) mass is 441 g/mol. The maximum atomic E-state index is 14.0. The molecule has 1 aromatic heterocycles. The molecule has 0 fully saturated rings. The summed E-state index contributed by atoms with van der Waals surface area (Å²) in [6, 6.07) is 12.1. The van der Waals surface area contributed by atoms with E-state index in [2.05, 4.69) is 20.8 Å². The fourth-order valence-corrected chi connectivity index (χ4v) is 3.85. The Balaban J connectivity index is 1.58. The maximum Gasteiger partial charge on any atom is 0.243 e. The lowest BCUT2D eigenvalue weighted by Gasteiger charge is -2.14. The number of thioether (sulfide) groups is 1. The third-order valence-electron chi connectivity index (χ3n) is 4.77. The van der Waals surface area contributed by atoms with Gasteiger partial charge in [-0.15, -0.1) is 10.2 Å². The number of aryl methyl sites for hydroxylation is 2. The van der Waals surface area contributed by atoms with E-state index >= 15 is 0 Å². The van der Waals surface area contributed by atoms with Gasteiger partial charge in [0, 0.05) is 12.7 Å². The van der Waals surface area contributed by atoms with Crippen LogP contribution in [0.1, 0.15) is 18.1 Å². The van der Waals surface area contributed by atoms with Gasteiger partial charge in [-0.1, -0.05) is 42.1 Å². The van der Waals surface area contributed by atoms with Crippen molar-refractivity contribution >= 4 is 29.3 Å². The molecule has 0 bridgehead atoms. The minimum absolute atomic E-state index is 0.142. The number of anilines is 1. The Morgan fingerprint density at radius 3 is 2.45 bits per heavy atom. The van der Waals surface area contributed by atoms with Crippen molar-refractivity contribution in [3.05, 3.63) is 59.4 Å². The Morgan fingerprint density at radius 1 is 1.10 bits per heavy atom. The average molecular weight is 442 g/mol. The molecule has 1 heterocycles. The summed E-state index contributed by atoms with van der Waals surface area (Å²) in [5.41, 5.74) is 3.00. The van der Waals surface area contributed by atoms with E-state index in [1.165, 1.54) is 17.8 Å². The Labute approximate surface area is 184 Å². The highest BCUT2D eigenvalue weighted by Gasteiger charge is 2.21. The van der Waals surface area contributed by atoms with E-state index in [0.717, 1.165) is 16.8 Å². The Bertz CT molecular complexity index is 1090. The second-order valence-electron chi connectivity index (χ2n) is 7.14. The van der Waals surface area contributed by atoms with Crippen LogP contribution in [-0.2, 0) is 16.6 Å². The van der Waals surface area contributed by atoms with E-state index in [1.807, 2.05) is 32.0 Å². The third-order valence-corrected chi connectivity index (χ3v) is 5.90. The number of amides is 2. The fourth-order valence-electron chi connectivity index (χ4n) is 3.01. The topological polar surface area (TPSA) is 88.9 Å². The predicted octanol–water partition coefficient (Wildman–Crippen LogP) is 3.47. The van der Waals surface area contributed by atoms with Crippen LogP contribution in [0.5, 0.6) is 0 Å². The highest BCUT2D eigenvalue weighted by molar-refractivity contribution is 8.00. The molecule has 0 radical (unpaired) electrons. The van der Waals surface area contributed by atoms with Crippen LogP contribution in [0.4, 0.5) is 10.1 Å². The number of carbonyl (C=O) groups excluding carboxylic acids is 2. The minimum atomic E-state index is -0.524. The van der Waals surface area contributed by atoms with Gasteiger partial charge in [0.15, 0.2) is 11.0 Å². The second-order valence-corrected chi connectivity index (χ2v) is 8.45. The van der Waals surface area contributed by atoms with E-state index < -0.39 is 11.1 Å². The standard InChI is InChI=1S/C22H24FN5O2S/c1-13-8-7-9-14(2)19(13)25-18(29)12-24-21(30)15(3)31-22-27-26-20(28(22)4)16-10-5-6-11-17(16)23/h5-11,15H,12H2,1-4H3,(H,24,30)(H,25,29).